The molecule has 0 saturated heterocycles. The van der Waals surface area contributed by atoms with Crippen LogP contribution in [-0.4, -0.2) is 37.1 Å². The number of hydrogen-bond acceptors (Lipinski definition) is 6. The van der Waals surface area contributed by atoms with Gasteiger partial charge in [-0.1, -0.05) is 42.1 Å². The van der Waals surface area contributed by atoms with E-state index in [0.29, 0.717) is 22.8 Å². The Kier molecular flexibility index (Phi) is 4.72. The van der Waals surface area contributed by atoms with Crippen molar-refractivity contribution in [1.29, 1.82) is 0 Å². The molecule has 136 valence electrons. The van der Waals surface area contributed by atoms with Gasteiger partial charge < -0.3 is 5.32 Å². The molecule has 0 fully saturated rings. The molecular formula is C19H17N5O2S. The molecule has 1 aliphatic rings. The van der Waals surface area contributed by atoms with Crippen LogP contribution in [0.2, 0.25) is 0 Å². The van der Waals surface area contributed by atoms with E-state index in [1.54, 1.807) is 22.9 Å². The van der Waals surface area contributed by atoms with Crippen molar-refractivity contribution in [2.45, 2.75) is 30.2 Å². The van der Waals surface area contributed by atoms with Crippen molar-refractivity contribution in [1.82, 2.24) is 20.2 Å². The third-order valence-electron chi connectivity index (χ3n) is 4.43. The summed E-state index contributed by atoms with van der Waals surface area (Å²) in [6.07, 6.45) is 1.49. The molecule has 7 nitrogen and oxygen atoms in total. The number of aromatic nitrogens is 4. The molecule has 3 aromatic rings. The molecule has 1 aromatic heterocycles. The summed E-state index contributed by atoms with van der Waals surface area (Å²) in [7, 11) is 0. The van der Waals surface area contributed by atoms with Gasteiger partial charge in [0.05, 0.1) is 10.9 Å². The largest absolute Gasteiger partial charge is 0.325 e. The highest BCUT2D eigenvalue weighted by atomic mass is 32.2. The molecule has 0 spiro atoms. The second-order valence-corrected chi connectivity index (χ2v) is 7.44. The molecule has 0 aliphatic carbocycles. The van der Waals surface area contributed by atoms with Crippen LogP contribution in [0, 0.1) is 0 Å². The Morgan fingerprint density at radius 2 is 2.07 bits per heavy atom. The monoisotopic (exact) mass is 379 g/mol. The molecule has 1 N–H and O–H groups in total. The van der Waals surface area contributed by atoms with Crippen LogP contribution in [-0.2, 0) is 11.2 Å². The smallest absolute Gasteiger partial charge is 0.237 e. The predicted octanol–water partition coefficient (Wildman–Crippen LogP) is 2.91. The molecular weight excluding hydrogens is 362 g/mol. The Balaban J connectivity index is 1.58. The van der Waals surface area contributed by atoms with Gasteiger partial charge in [-0.05, 0) is 54.0 Å². The number of carbonyl (C=O) groups excluding carboxylic acids is 2. The zero-order valence-corrected chi connectivity index (χ0v) is 15.4. The number of Topliss-reactive ketones (excluding diaryl/α,β-unsaturated/α-hetero) is 1. The highest BCUT2D eigenvalue weighted by molar-refractivity contribution is 8.00. The Labute approximate surface area is 160 Å². The fourth-order valence-electron chi connectivity index (χ4n) is 3.00. The number of nitrogens with one attached hydrogen (secondary N) is 1. The van der Waals surface area contributed by atoms with Crippen molar-refractivity contribution < 1.29 is 9.59 Å². The first kappa shape index (κ1) is 17.4. The normalized spacial score (nSPS) is 16.3. The molecule has 2 heterocycles. The lowest BCUT2D eigenvalue weighted by atomic mass is 10.1. The van der Waals surface area contributed by atoms with E-state index in [0.717, 1.165) is 17.7 Å². The molecule has 27 heavy (non-hydrogen) atoms. The number of rotatable bonds is 4. The molecule has 2 aromatic carbocycles. The Bertz CT molecular complexity index is 1020. The van der Waals surface area contributed by atoms with Gasteiger partial charge in [-0.15, -0.1) is 5.10 Å². The maximum Gasteiger partial charge on any atom is 0.237 e. The number of anilines is 1. The van der Waals surface area contributed by atoms with Gasteiger partial charge in [0.15, 0.2) is 5.78 Å². The topological polar surface area (TPSA) is 89.8 Å². The molecule has 1 atom stereocenters. The van der Waals surface area contributed by atoms with E-state index in [2.05, 4.69) is 20.8 Å². The van der Waals surface area contributed by atoms with E-state index in [-0.39, 0.29) is 16.9 Å². The summed E-state index contributed by atoms with van der Waals surface area (Å²) in [6.45, 7) is 1.52. The number of hydrogen-bond donors (Lipinski definition) is 1. The van der Waals surface area contributed by atoms with Crippen LogP contribution in [0.25, 0.3) is 5.69 Å². The van der Waals surface area contributed by atoms with E-state index in [1.807, 2.05) is 30.3 Å². The summed E-state index contributed by atoms with van der Waals surface area (Å²) in [4.78, 5) is 24.3. The number of tetrazole rings is 1. The summed E-state index contributed by atoms with van der Waals surface area (Å²) in [5.74, 6) is -0.0861. The predicted molar refractivity (Wildman–Crippen MR) is 102 cm³/mol. The zero-order chi connectivity index (χ0) is 18.8. The maximum absolute atomic E-state index is 12.6. The number of amides is 1. The minimum absolute atomic E-state index is 0.0277. The molecule has 0 bridgehead atoms. The van der Waals surface area contributed by atoms with E-state index >= 15 is 0 Å². The van der Waals surface area contributed by atoms with Gasteiger partial charge >= 0.3 is 0 Å². The van der Waals surface area contributed by atoms with Crippen LogP contribution in [0.1, 0.15) is 29.3 Å². The Morgan fingerprint density at radius 3 is 2.93 bits per heavy atom. The lowest BCUT2D eigenvalue weighted by Crippen LogP contribution is -2.24. The summed E-state index contributed by atoms with van der Waals surface area (Å²) in [5, 5.41) is 15.1. The van der Waals surface area contributed by atoms with E-state index in [9.17, 15) is 9.59 Å². The second kappa shape index (κ2) is 7.32. The third kappa shape index (κ3) is 3.61. The van der Waals surface area contributed by atoms with Gasteiger partial charge in [0, 0.05) is 11.3 Å². The van der Waals surface area contributed by atoms with E-state index in [4.69, 9.17) is 0 Å². The lowest BCUT2D eigenvalue weighted by molar-refractivity contribution is -0.115. The first-order chi connectivity index (χ1) is 13.1. The SMILES string of the molecule is CC(=O)c1cccc(-n2nnnc2SC2CCc3ccccc3NC2=O)c1. The van der Waals surface area contributed by atoms with Crippen LogP contribution in [0.4, 0.5) is 5.69 Å². The summed E-state index contributed by atoms with van der Waals surface area (Å²) in [6, 6.07) is 14.9. The van der Waals surface area contributed by atoms with Gasteiger partial charge in [-0.2, -0.15) is 4.68 Å². The molecule has 0 radical (unpaired) electrons. The average Bonchev–Trinajstić information content (AvgIpc) is 3.07. The molecule has 0 saturated carbocycles. The summed E-state index contributed by atoms with van der Waals surface area (Å²) < 4.78 is 1.56. The lowest BCUT2D eigenvalue weighted by Gasteiger charge is -2.12. The number of ketones is 1. The molecule has 4 rings (SSSR count). The van der Waals surface area contributed by atoms with Crippen molar-refractivity contribution in [2.75, 3.05) is 5.32 Å². The number of carbonyl (C=O) groups is 2. The second-order valence-electron chi connectivity index (χ2n) is 6.27. The van der Waals surface area contributed by atoms with Crippen LogP contribution >= 0.6 is 11.8 Å². The van der Waals surface area contributed by atoms with Crippen molar-refractivity contribution in [3.63, 3.8) is 0 Å². The number of para-hydroxylation sites is 1. The molecule has 1 aliphatic heterocycles. The number of nitrogens with zero attached hydrogens (tertiary/aromatic N) is 4. The van der Waals surface area contributed by atoms with E-state index in [1.165, 1.54) is 18.7 Å². The van der Waals surface area contributed by atoms with Crippen LogP contribution in [0.5, 0.6) is 0 Å². The average molecular weight is 379 g/mol. The Hall–Kier alpha value is -3.00. The van der Waals surface area contributed by atoms with Gasteiger partial charge in [0.2, 0.25) is 11.1 Å². The molecule has 8 heteroatoms. The van der Waals surface area contributed by atoms with Crippen molar-refractivity contribution in [2.24, 2.45) is 0 Å². The highest BCUT2D eigenvalue weighted by Crippen LogP contribution is 2.31. The number of fused-ring (bicyclic) bond motifs is 1. The number of thioether (sulfide) groups is 1. The van der Waals surface area contributed by atoms with Gasteiger partial charge in [0.1, 0.15) is 0 Å². The van der Waals surface area contributed by atoms with Gasteiger partial charge in [-0.25, -0.2) is 0 Å². The van der Waals surface area contributed by atoms with Crippen LogP contribution in [0.15, 0.2) is 53.7 Å². The minimum atomic E-state index is -0.307. The zero-order valence-electron chi connectivity index (χ0n) is 14.6. The standard InChI is InChI=1S/C19H17N5O2S/c1-12(25)14-6-4-7-15(11-14)24-19(21-22-23-24)27-17-10-9-13-5-2-3-8-16(13)20-18(17)26/h2-8,11,17H,9-10H2,1H3,(H,20,26). The fourth-order valence-corrected chi connectivity index (χ4v) is 3.98. The maximum atomic E-state index is 12.6. The highest BCUT2D eigenvalue weighted by Gasteiger charge is 2.27. The van der Waals surface area contributed by atoms with Crippen LogP contribution < -0.4 is 5.32 Å². The van der Waals surface area contributed by atoms with Crippen molar-refractivity contribution in [3.05, 3.63) is 59.7 Å². The first-order valence-electron chi connectivity index (χ1n) is 8.57. The van der Waals surface area contributed by atoms with Crippen molar-refractivity contribution >= 4 is 29.1 Å². The molecule has 1 amide bonds. The van der Waals surface area contributed by atoms with E-state index < -0.39 is 0 Å². The summed E-state index contributed by atoms with van der Waals surface area (Å²) in [5.41, 5.74) is 3.26. The van der Waals surface area contributed by atoms with Crippen molar-refractivity contribution in [3.8, 4) is 5.69 Å². The van der Waals surface area contributed by atoms with Crippen LogP contribution in [0.3, 0.4) is 0 Å². The number of aryl methyl sites for hydroxylation is 1. The Morgan fingerprint density at radius 1 is 1.22 bits per heavy atom. The first-order valence-corrected chi connectivity index (χ1v) is 9.45. The van der Waals surface area contributed by atoms with Gasteiger partial charge in [0.25, 0.3) is 0 Å². The number of benzene rings is 2. The third-order valence-corrected chi connectivity index (χ3v) is 5.63. The fraction of sp³-hybridized carbons (Fsp3) is 0.211. The summed E-state index contributed by atoms with van der Waals surface area (Å²) >= 11 is 1.33. The molecule has 1 unspecified atom stereocenters. The van der Waals surface area contributed by atoms with Gasteiger partial charge in [-0.3, -0.25) is 9.59 Å². The quantitative estimate of drug-likeness (QED) is 0.701. The minimum Gasteiger partial charge on any atom is -0.325 e.